The van der Waals surface area contributed by atoms with Crippen molar-refractivity contribution in [1.82, 2.24) is 4.90 Å². The average Bonchev–Trinajstić information content (AvgIpc) is 2.65. The number of benzene rings is 2. The minimum atomic E-state index is -0.464. The topological polar surface area (TPSA) is 44.4 Å². The van der Waals surface area contributed by atoms with Crippen LogP contribution in [0.1, 0.15) is 18.4 Å². The van der Waals surface area contributed by atoms with E-state index in [0.717, 1.165) is 43.9 Å². The minimum Gasteiger partial charge on any atom is -0.369 e. The van der Waals surface area contributed by atoms with Crippen LogP contribution in [0.4, 0.5) is 11.4 Å². The monoisotopic (exact) mass is 333 g/mol. The van der Waals surface area contributed by atoms with Crippen molar-refractivity contribution in [3.05, 3.63) is 66.2 Å². The summed E-state index contributed by atoms with van der Waals surface area (Å²) in [6.07, 6.45) is 6.02. The van der Waals surface area contributed by atoms with Crippen LogP contribution in [-0.4, -0.2) is 36.0 Å². The first-order valence-electron chi connectivity index (χ1n) is 8.88. The largest absolute Gasteiger partial charge is 0.369 e. The number of carbonyl (C=O) groups is 1. The number of para-hydroxylation sites is 2. The number of piperidine rings is 1. The van der Waals surface area contributed by atoms with Crippen LogP contribution in [-0.2, 0) is 4.79 Å². The predicted molar refractivity (Wildman–Crippen MR) is 103 cm³/mol. The number of hydrogen-bond donors (Lipinski definition) is 2. The molecule has 1 amide bonds. The Hall–Kier alpha value is -2.59. The highest BCUT2D eigenvalue weighted by molar-refractivity contribution is 6.06. The van der Waals surface area contributed by atoms with Crippen LogP contribution in [0.5, 0.6) is 0 Å². The van der Waals surface area contributed by atoms with Gasteiger partial charge in [-0.1, -0.05) is 54.6 Å². The molecule has 2 aromatic rings. The van der Waals surface area contributed by atoms with Gasteiger partial charge in [-0.3, -0.25) is 9.69 Å². The quantitative estimate of drug-likeness (QED) is 0.902. The third-order valence-corrected chi connectivity index (χ3v) is 5.17. The third kappa shape index (κ3) is 3.30. The van der Waals surface area contributed by atoms with Gasteiger partial charge in [0.25, 0.3) is 0 Å². The number of anilines is 2. The van der Waals surface area contributed by atoms with Gasteiger partial charge in [0.1, 0.15) is 5.54 Å². The van der Waals surface area contributed by atoms with Gasteiger partial charge in [-0.15, -0.1) is 0 Å². The van der Waals surface area contributed by atoms with Gasteiger partial charge in [-0.05, 0) is 30.5 Å². The number of rotatable bonds is 3. The number of fused-ring (bicyclic) bond motifs is 1. The van der Waals surface area contributed by atoms with Gasteiger partial charge in [0.15, 0.2) is 0 Å². The van der Waals surface area contributed by atoms with Gasteiger partial charge in [-0.2, -0.15) is 0 Å². The maximum atomic E-state index is 12.6. The van der Waals surface area contributed by atoms with E-state index in [1.165, 1.54) is 5.56 Å². The summed E-state index contributed by atoms with van der Waals surface area (Å²) >= 11 is 0. The summed E-state index contributed by atoms with van der Waals surface area (Å²) in [5, 5.41) is 6.57. The van der Waals surface area contributed by atoms with Crippen LogP contribution in [0.3, 0.4) is 0 Å². The number of nitrogens with zero attached hydrogens (tertiary/aromatic N) is 1. The number of likely N-dealkylation sites (tertiary alicyclic amines) is 1. The Bertz CT molecular complexity index is 777. The molecule has 1 spiro atoms. The van der Waals surface area contributed by atoms with E-state index in [0.29, 0.717) is 0 Å². The molecule has 128 valence electrons. The van der Waals surface area contributed by atoms with Crippen molar-refractivity contribution >= 4 is 23.4 Å². The Morgan fingerprint density at radius 3 is 2.40 bits per heavy atom. The lowest BCUT2D eigenvalue weighted by Gasteiger charge is -2.44. The molecule has 25 heavy (non-hydrogen) atoms. The van der Waals surface area contributed by atoms with Crippen molar-refractivity contribution in [2.24, 2.45) is 0 Å². The molecule has 4 nitrogen and oxygen atoms in total. The smallest absolute Gasteiger partial charge is 0.250 e. The summed E-state index contributed by atoms with van der Waals surface area (Å²) in [6, 6.07) is 18.3. The van der Waals surface area contributed by atoms with Crippen molar-refractivity contribution < 1.29 is 4.79 Å². The fourth-order valence-electron chi connectivity index (χ4n) is 3.63. The lowest BCUT2D eigenvalue weighted by Crippen LogP contribution is -2.58. The zero-order valence-corrected chi connectivity index (χ0v) is 14.2. The second-order valence-corrected chi connectivity index (χ2v) is 6.82. The van der Waals surface area contributed by atoms with E-state index in [-0.39, 0.29) is 5.91 Å². The molecule has 2 aromatic carbocycles. The minimum absolute atomic E-state index is 0.102. The summed E-state index contributed by atoms with van der Waals surface area (Å²) in [5.74, 6) is 0.102. The molecule has 1 saturated heterocycles. The molecule has 0 unspecified atom stereocenters. The van der Waals surface area contributed by atoms with Gasteiger partial charge in [0.05, 0.1) is 11.4 Å². The summed E-state index contributed by atoms with van der Waals surface area (Å²) in [7, 11) is 0. The molecule has 4 rings (SSSR count). The SMILES string of the molecule is O=C1Nc2ccccc2NC12CCN(C/C=C/c1ccccc1)CC2. The van der Waals surface area contributed by atoms with Gasteiger partial charge in [-0.25, -0.2) is 0 Å². The van der Waals surface area contributed by atoms with Crippen molar-refractivity contribution in [3.8, 4) is 0 Å². The van der Waals surface area contributed by atoms with E-state index in [9.17, 15) is 4.79 Å². The fraction of sp³-hybridized carbons (Fsp3) is 0.286. The molecule has 4 heteroatoms. The van der Waals surface area contributed by atoms with E-state index in [2.05, 4.69) is 52.0 Å². The zero-order valence-electron chi connectivity index (χ0n) is 14.2. The first kappa shape index (κ1) is 15.9. The van der Waals surface area contributed by atoms with Crippen LogP contribution >= 0.6 is 0 Å². The maximum absolute atomic E-state index is 12.6. The van der Waals surface area contributed by atoms with Gasteiger partial charge < -0.3 is 10.6 Å². The van der Waals surface area contributed by atoms with Crippen LogP contribution in [0.15, 0.2) is 60.7 Å². The molecule has 0 atom stereocenters. The molecule has 2 N–H and O–H groups in total. The highest BCUT2D eigenvalue weighted by Crippen LogP contribution is 2.36. The lowest BCUT2D eigenvalue weighted by atomic mass is 9.84. The Morgan fingerprint density at radius 2 is 1.64 bits per heavy atom. The normalized spacial score (nSPS) is 19.4. The maximum Gasteiger partial charge on any atom is 0.250 e. The average molecular weight is 333 g/mol. The summed E-state index contributed by atoms with van der Waals surface area (Å²) < 4.78 is 0. The van der Waals surface area contributed by atoms with Crippen LogP contribution in [0.25, 0.3) is 6.08 Å². The summed E-state index contributed by atoms with van der Waals surface area (Å²) in [5.41, 5.74) is 2.67. The number of amides is 1. The molecular formula is C21H23N3O. The molecule has 2 heterocycles. The predicted octanol–water partition coefficient (Wildman–Crippen LogP) is 3.60. The Balaban J connectivity index is 1.37. The second-order valence-electron chi connectivity index (χ2n) is 6.82. The van der Waals surface area contributed by atoms with Crippen molar-refractivity contribution in [2.45, 2.75) is 18.4 Å². The molecule has 0 saturated carbocycles. The van der Waals surface area contributed by atoms with E-state index in [1.807, 2.05) is 30.3 Å². The van der Waals surface area contributed by atoms with E-state index in [4.69, 9.17) is 0 Å². The van der Waals surface area contributed by atoms with E-state index in [1.54, 1.807) is 0 Å². The Kier molecular flexibility index (Phi) is 4.28. The molecule has 0 radical (unpaired) electrons. The standard InChI is InChI=1S/C21H23N3O/c25-20-21(23-19-11-5-4-10-18(19)22-20)12-15-24(16-13-21)14-6-9-17-7-2-1-3-8-17/h1-11,23H,12-16H2,(H,22,25)/b9-6+. The third-order valence-electron chi connectivity index (χ3n) is 5.17. The molecule has 2 aliphatic heterocycles. The summed E-state index contributed by atoms with van der Waals surface area (Å²) in [6.45, 7) is 2.76. The molecule has 0 aromatic heterocycles. The van der Waals surface area contributed by atoms with E-state index < -0.39 is 5.54 Å². The van der Waals surface area contributed by atoms with Gasteiger partial charge in [0, 0.05) is 19.6 Å². The summed E-state index contributed by atoms with van der Waals surface area (Å²) in [4.78, 5) is 15.0. The fourth-order valence-corrected chi connectivity index (χ4v) is 3.63. The molecular weight excluding hydrogens is 310 g/mol. The number of hydrogen-bond acceptors (Lipinski definition) is 3. The number of nitrogens with one attached hydrogen (secondary N) is 2. The Labute approximate surface area is 148 Å². The van der Waals surface area contributed by atoms with Crippen molar-refractivity contribution in [2.75, 3.05) is 30.3 Å². The molecule has 0 aliphatic carbocycles. The zero-order chi connectivity index (χ0) is 17.1. The highest BCUT2D eigenvalue weighted by atomic mass is 16.2. The number of carbonyl (C=O) groups excluding carboxylic acids is 1. The highest BCUT2D eigenvalue weighted by Gasteiger charge is 2.43. The molecule has 0 bridgehead atoms. The Morgan fingerprint density at radius 1 is 0.960 bits per heavy atom. The molecule has 1 fully saturated rings. The first-order chi connectivity index (χ1) is 12.3. The van der Waals surface area contributed by atoms with Crippen LogP contribution in [0.2, 0.25) is 0 Å². The van der Waals surface area contributed by atoms with Gasteiger partial charge in [0.2, 0.25) is 5.91 Å². The first-order valence-corrected chi connectivity index (χ1v) is 8.88. The van der Waals surface area contributed by atoms with Crippen LogP contribution in [0, 0.1) is 0 Å². The lowest BCUT2D eigenvalue weighted by molar-refractivity contribution is -0.122. The van der Waals surface area contributed by atoms with Crippen LogP contribution < -0.4 is 10.6 Å². The van der Waals surface area contributed by atoms with E-state index >= 15 is 0 Å². The second kappa shape index (κ2) is 6.73. The van der Waals surface area contributed by atoms with Crippen molar-refractivity contribution in [3.63, 3.8) is 0 Å². The molecule has 2 aliphatic rings. The van der Waals surface area contributed by atoms with Gasteiger partial charge >= 0.3 is 0 Å². The van der Waals surface area contributed by atoms with Crippen molar-refractivity contribution in [1.29, 1.82) is 0 Å².